The fraction of sp³-hybridized carbons (Fsp3) is 0.360. The highest BCUT2D eigenvalue weighted by Gasteiger charge is 2.24. The van der Waals surface area contributed by atoms with Crippen LogP contribution in [0.1, 0.15) is 34.5 Å². The summed E-state index contributed by atoms with van der Waals surface area (Å²) < 4.78 is 0. The molecular weight excluding hydrogens is 388 g/mol. The van der Waals surface area contributed by atoms with Gasteiger partial charge < -0.3 is 15.2 Å². The Morgan fingerprint density at radius 1 is 0.935 bits per heavy atom. The lowest BCUT2D eigenvalue weighted by molar-refractivity contribution is -0.117. The average Bonchev–Trinajstić information content (AvgIpc) is 3.17. The standard InChI is InChI=1S/C25H28N4O2/c30-24(26-19-6-2-1-3-7-19)17-28-12-14-29(15-13-28)25(31)18-10-11-23-21(16-18)20-8-4-5-9-22(20)27-23/h1-3,6-7,10-11,16,27H,4-5,8-9,12-15,17H2,(H,26,30). The van der Waals surface area contributed by atoms with Gasteiger partial charge in [0, 0.05) is 54.0 Å². The molecule has 0 spiro atoms. The summed E-state index contributed by atoms with van der Waals surface area (Å²) in [5.74, 6) is 0.0645. The molecule has 1 saturated heterocycles. The molecule has 2 aromatic carbocycles. The van der Waals surface area contributed by atoms with Gasteiger partial charge in [-0.3, -0.25) is 14.5 Å². The molecule has 1 aliphatic carbocycles. The summed E-state index contributed by atoms with van der Waals surface area (Å²) in [5.41, 5.74) is 5.44. The first-order chi connectivity index (χ1) is 15.2. The summed E-state index contributed by atoms with van der Waals surface area (Å²) in [5, 5.41) is 4.13. The van der Waals surface area contributed by atoms with Crippen LogP contribution in [0, 0.1) is 0 Å². The number of benzene rings is 2. The van der Waals surface area contributed by atoms with E-state index in [9.17, 15) is 9.59 Å². The van der Waals surface area contributed by atoms with Gasteiger partial charge >= 0.3 is 0 Å². The topological polar surface area (TPSA) is 68.4 Å². The van der Waals surface area contributed by atoms with E-state index < -0.39 is 0 Å². The molecule has 0 atom stereocenters. The van der Waals surface area contributed by atoms with Crippen LogP contribution < -0.4 is 5.32 Å². The molecule has 2 N–H and O–H groups in total. The number of aryl methyl sites for hydroxylation is 2. The van der Waals surface area contributed by atoms with Crippen molar-refractivity contribution in [2.45, 2.75) is 25.7 Å². The van der Waals surface area contributed by atoms with E-state index in [1.54, 1.807) is 0 Å². The highest BCUT2D eigenvalue weighted by Crippen LogP contribution is 2.30. The summed E-state index contributed by atoms with van der Waals surface area (Å²) in [6.07, 6.45) is 4.65. The zero-order valence-corrected chi connectivity index (χ0v) is 17.7. The number of carbonyl (C=O) groups excluding carboxylic acids is 2. The second-order valence-electron chi connectivity index (χ2n) is 8.53. The van der Waals surface area contributed by atoms with Crippen LogP contribution in [0.15, 0.2) is 48.5 Å². The van der Waals surface area contributed by atoms with E-state index in [0.717, 1.165) is 29.6 Å². The number of nitrogens with zero attached hydrogens (tertiary/aromatic N) is 2. The normalized spacial score (nSPS) is 16.8. The van der Waals surface area contributed by atoms with Crippen LogP contribution in [0.5, 0.6) is 0 Å². The molecule has 31 heavy (non-hydrogen) atoms. The number of aromatic amines is 1. The molecule has 1 aromatic heterocycles. The summed E-state index contributed by atoms with van der Waals surface area (Å²) in [6.45, 7) is 3.03. The minimum atomic E-state index is -0.0198. The zero-order valence-electron chi connectivity index (χ0n) is 17.7. The van der Waals surface area contributed by atoms with Gasteiger partial charge in [-0.05, 0) is 61.6 Å². The molecule has 6 heteroatoms. The monoisotopic (exact) mass is 416 g/mol. The third kappa shape index (κ3) is 4.21. The molecule has 5 rings (SSSR count). The van der Waals surface area contributed by atoms with Gasteiger partial charge in [-0.15, -0.1) is 0 Å². The summed E-state index contributed by atoms with van der Waals surface area (Å²) >= 11 is 0. The Morgan fingerprint density at radius 2 is 1.71 bits per heavy atom. The molecule has 0 unspecified atom stereocenters. The Balaban J connectivity index is 1.19. The van der Waals surface area contributed by atoms with Crippen LogP contribution in [-0.4, -0.2) is 59.3 Å². The van der Waals surface area contributed by atoms with Crippen molar-refractivity contribution in [3.8, 4) is 0 Å². The molecular formula is C25H28N4O2. The molecule has 0 saturated carbocycles. The highest BCUT2D eigenvalue weighted by molar-refractivity contribution is 5.99. The van der Waals surface area contributed by atoms with Crippen molar-refractivity contribution in [3.63, 3.8) is 0 Å². The van der Waals surface area contributed by atoms with Crippen molar-refractivity contribution in [2.75, 3.05) is 38.0 Å². The van der Waals surface area contributed by atoms with E-state index in [1.807, 2.05) is 47.4 Å². The van der Waals surface area contributed by atoms with Gasteiger partial charge in [0.2, 0.25) is 5.91 Å². The molecule has 1 fully saturated rings. The van der Waals surface area contributed by atoms with Crippen molar-refractivity contribution < 1.29 is 9.59 Å². The number of hydrogen-bond acceptors (Lipinski definition) is 3. The number of piperazine rings is 1. The lowest BCUT2D eigenvalue weighted by Gasteiger charge is -2.34. The summed E-state index contributed by atoms with van der Waals surface area (Å²) in [7, 11) is 0. The maximum Gasteiger partial charge on any atom is 0.253 e. The van der Waals surface area contributed by atoms with Crippen LogP contribution >= 0.6 is 0 Å². The molecule has 0 bridgehead atoms. The van der Waals surface area contributed by atoms with Crippen LogP contribution in [0.25, 0.3) is 10.9 Å². The molecule has 160 valence electrons. The fourth-order valence-corrected chi connectivity index (χ4v) is 4.76. The van der Waals surface area contributed by atoms with Gasteiger partial charge in [0.1, 0.15) is 0 Å². The number of aromatic nitrogens is 1. The van der Waals surface area contributed by atoms with Gasteiger partial charge in [0.25, 0.3) is 5.91 Å². The van der Waals surface area contributed by atoms with Gasteiger partial charge in [-0.1, -0.05) is 18.2 Å². The molecule has 2 amide bonds. The molecule has 2 aliphatic rings. The van der Waals surface area contributed by atoms with E-state index in [0.29, 0.717) is 32.7 Å². The van der Waals surface area contributed by atoms with Crippen LogP contribution in [-0.2, 0) is 17.6 Å². The number of nitrogens with one attached hydrogen (secondary N) is 2. The van der Waals surface area contributed by atoms with E-state index >= 15 is 0 Å². The van der Waals surface area contributed by atoms with Gasteiger partial charge in [-0.25, -0.2) is 0 Å². The first-order valence-electron chi connectivity index (χ1n) is 11.2. The number of hydrogen-bond donors (Lipinski definition) is 2. The van der Waals surface area contributed by atoms with Gasteiger partial charge in [-0.2, -0.15) is 0 Å². The average molecular weight is 417 g/mol. The Bertz CT molecular complexity index is 1100. The third-order valence-corrected chi connectivity index (χ3v) is 6.43. The zero-order chi connectivity index (χ0) is 21.2. The minimum Gasteiger partial charge on any atom is -0.358 e. The van der Waals surface area contributed by atoms with Crippen LogP contribution in [0.4, 0.5) is 5.69 Å². The Hall–Kier alpha value is -3.12. The highest BCUT2D eigenvalue weighted by atomic mass is 16.2. The van der Waals surface area contributed by atoms with Gasteiger partial charge in [0.05, 0.1) is 6.54 Å². The number of H-pyrrole nitrogens is 1. The number of fused-ring (bicyclic) bond motifs is 3. The number of carbonyl (C=O) groups is 2. The third-order valence-electron chi connectivity index (χ3n) is 6.43. The Labute approximate surface area is 182 Å². The second-order valence-corrected chi connectivity index (χ2v) is 8.53. The number of amides is 2. The molecule has 6 nitrogen and oxygen atoms in total. The summed E-state index contributed by atoms with van der Waals surface area (Å²) in [6, 6.07) is 15.5. The van der Waals surface area contributed by atoms with Crippen LogP contribution in [0.3, 0.4) is 0 Å². The molecule has 2 heterocycles. The smallest absolute Gasteiger partial charge is 0.253 e. The second kappa shape index (κ2) is 8.55. The molecule has 0 radical (unpaired) electrons. The molecule has 3 aromatic rings. The van der Waals surface area contributed by atoms with Gasteiger partial charge in [0.15, 0.2) is 0 Å². The van der Waals surface area contributed by atoms with Crippen molar-refractivity contribution in [2.24, 2.45) is 0 Å². The van der Waals surface area contributed by atoms with Crippen molar-refractivity contribution in [1.29, 1.82) is 0 Å². The number of anilines is 1. The van der Waals surface area contributed by atoms with Crippen molar-refractivity contribution >= 4 is 28.4 Å². The number of rotatable bonds is 4. The predicted octanol–water partition coefficient (Wildman–Crippen LogP) is 3.44. The quantitative estimate of drug-likeness (QED) is 0.685. The molecule has 1 aliphatic heterocycles. The lowest BCUT2D eigenvalue weighted by atomic mass is 9.95. The predicted molar refractivity (Wildman–Crippen MR) is 122 cm³/mol. The van der Waals surface area contributed by atoms with Crippen molar-refractivity contribution in [3.05, 3.63) is 65.4 Å². The van der Waals surface area contributed by atoms with E-state index in [2.05, 4.69) is 21.3 Å². The van der Waals surface area contributed by atoms with Crippen molar-refractivity contribution in [1.82, 2.24) is 14.8 Å². The van der Waals surface area contributed by atoms with E-state index in [4.69, 9.17) is 0 Å². The minimum absolute atomic E-state index is 0.0198. The van der Waals surface area contributed by atoms with Crippen LogP contribution in [0.2, 0.25) is 0 Å². The number of para-hydroxylation sites is 1. The fourth-order valence-electron chi connectivity index (χ4n) is 4.76. The maximum atomic E-state index is 13.1. The van der Waals surface area contributed by atoms with E-state index in [-0.39, 0.29) is 11.8 Å². The maximum absolute atomic E-state index is 13.1. The van der Waals surface area contributed by atoms with E-state index in [1.165, 1.54) is 29.5 Å². The first kappa shape index (κ1) is 19.8. The SMILES string of the molecule is O=C(CN1CCN(C(=O)c2ccc3[nH]c4c(c3c2)CCCC4)CC1)Nc1ccccc1. The summed E-state index contributed by atoms with van der Waals surface area (Å²) in [4.78, 5) is 33.0. The first-order valence-corrected chi connectivity index (χ1v) is 11.2. The Kier molecular flexibility index (Phi) is 5.47. The lowest BCUT2D eigenvalue weighted by Crippen LogP contribution is -2.50. The Morgan fingerprint density at radius 3 is 2.52 bits per heavy atom. The largest absolute Gasteiger partial charge is 0.358 e.